The number of likely N-dealkylation sites (N-methyl/N-ethyl adjacent to an activating group) is 1. The molecule has 0 aliphatic carbocycles. The molecule has 6 rings (SSSR count). The third-order valence-electron chi connectivity index (χ3n) is 8.50. The maximum atomic E-state index is 14.4. The number of imidazole rings is 1. The van der Waals surface area contributed by atoms with E-state index in [9.17, 15) is 14.3 Å². The summed E-state index contributed by atoms with van der Waals surface area (Å²) in [5, 5.41) is 18.5. The summed E-state index contributed by atoms with van der Waals surface area (Å²) in [5.74, 6) is 0.652. The first-order valence-electron chi connectivity index (χ1n) is 14.9. The number of halogens is 1. The van der Waals surface area contributed by atoms with E-state index in [2.05, 4.69) is 28.3 Å². The van der Waals surface area contributed by atoms with Gasteiger partial charge in [0, 0.05) is 36.9 Å². The smallest absolute Gasteiger partial charge is 0.335 e. The van der Waals surface area contributed by atoms with Crippen molar-refractivity contribution < 1.29 is 23.8 Å². The van der Waals surface area contributed by atoms with Crippen LogP contribution >= 0.6 is 0 Å². The van der Waals surface area contributed by atoms with Crippen LogP contribution in [0.2, 0.25) is 0 Å². The van der Waals surface area contributed by atoms with Crippen molar-refractivity contribution in [2.45, 2.75) is 64.1 Å². The van der Waals surface area contributed by atoms with Gasteiger partial charge in [-0.15, -0.1) is 0 Å². The van der Waals surface area contributed by atoms with Crippen molar-refractivity contribution in [3.05, 3.63) is 82.9 Å². The number of carbonyl (C=O) groups is 1. The minimum atomic E-state index is -0.960. The molecule has 2 fully saturated rings. The zero-order chi connectivity index (χ0) is 30.8. The number of fused-ring (bicyclic) bond motifs is 1. The number of aromatic nitrogens is 3. The Kier molecular flexibility index (Phi) is 8.46. The molecule has 3 atom stereocenters. The highest BCUT2D eigenvalue weighted by Crippen LogP contribution is 2.31. The van der Waals surface area contributed by atoms with E-state index in [4.69, 9.17) is 24.7 Å². The fraction of sp³-hybridized carbons (Fsp3) is 0.394. The largest absolute Gasteiger partial charge is 0.478 e. The van der Waals surface area contributed by atoms with E-state index >= 15 is 0 Å². The van der Waals surface area contributed by atoms with Crippen LogP contribution in [0.15, 0.2) is 54.6 Å². The number of nitrogens with zero attached hydrogens (tertiary/aromatic N) is 6. The molecule has 10 nitrogen and oxygen atoms in total. The number of anilines is 1. The fourth-order valence-electron chi connectivity index (χ4n) is 6.11. The standard InChI is InChI=1S/C33H35FN6O4/c1-21-6-10-25(40(21)30-4-3-5-32(37-30)44-20-24-8-7-22(16-35)14-27(24)34)17-38(2)19-31-36-28-11-9-23(33(41)42)15-29(28)39(31)18-26-12-13-43-26/h3-5,7-9,11,14-15,21,25-26H,6,10,12-13,17-20H2,1-2H3,(H,41,42). The number of rotatable bonds is 11. The van der Waals surface area contributed by atoms with E-state index in [0.717, 1.165) is 55.1 Å². The molecule has 4 aromatic rings. The molecule has 2 aliphatic heterocycles. The SMILES string of the molecule is CC1CCC(CN(C)Cc2nc3ccc(C(=O)O)cc3n2CC2CCO2)N1c1cccc(OCc2ccc(C#N)cc2F)n1. The minimum absolute atomic E-state index is 0.0105. The molecule has 2 saturated heterocycles. The number of aromatic carboxylic acids is 1. The first-order chi connectivity index (χ1) is 21.3. The zero-order valence-corrected chi connectivity index (χ0v) is 24.8. The molecule has 0 amide bonds. The van der Waals surface area contributed by atoms with Crippen LogP contribution in [0.4, 0.5) is 10.2 Å². The van der Waals surface area contributed by atoms with Crippen LogP contribution < -0.4 is 9.64 Å². The van der Waals surface area contributed by atoms with Gasteiger partial charge in [0.15, 0.2) is 0 Å². The number of benzene rings is 2. The van der Waals surface area contributed by atoms with Gasteiger partial charge in [0.25, 0.3) is 0 Å². The van der Waals surface area contributed by atoms with Crippen LogP contribution in [0.1, 0.15) is 53.5 Å². The lowest BCUT2D eigenvalue weighted by molar-refractivity contribution is -0.0591. The van der Waals surface area contributed by atoms with Crippen molar-refractivity contribution in [3.63, 3.8) is 0 Å². The Morgan fingerprint density at radius 2 is 2.02 bits per heavy atom. The Hall–Kier alpha value is -4.53. The van der Waals surface area contributed by atoms with E-state index < -0.39 is 11.8 Å². The summed E-state index contributed by atoms with van der Waals surface area (Å²) in [6, 6.07) is 17.5. The minimum Gasteiger partial charge on any atom is -0.478 e. The van der Waals surface area contributed by atoms with Crippen LogP contribution in [-0.2, 0) is 24.4 Å². The van der Waals surface area contributed by atoms with Gasteiger partial charge in [-0.2, -0.15) is 10.2 Å². The van der Waals surface area contributed by atoms with Gasteiger partial charge in [-0.3, -0.25) is 4.90 Å². The third-order valence-corrected chi connectivity index (χ3v) is 8.50. The Morgan fingerprint density at radius 3 is 2.75 bits per heavy atom. The van der Waals surface area contributed by atoms with E-state index in [1.165, 1.54) is 6.07 Å². The summed E-state index contributed by atoms with van der Waals surface area (Å²) >= 11 is 0. The van der Waals surface area contributed by atoms with Crippen molar-refractivity contribution in [3.8, 4) is 11.9 Å². The fourth-order valence-corrected chi connectivity index (χ4v) is 6.11. The van der Waals surface area contributed by atoms with Gasteiger partial charge in [0.2, 0.25) is 5.88 Å². The highest BCUT2D eigenvalue weighted by molar-refractivity contribution is 5.92. The maximum Gasteiger partial charge on any atom is 0.335 e. The zero-order valence-electron chi connectivity index (χ0n) is 24.8. The van der Waals surface area contributed by atoms with Crippen LogP contribution in [0.5, 0.6) is 5.88 Å². The van der Waals surface area contributed by atoms with Crippen molar-refractivity contribution in [1.82, 2.24) is 19.4 Å². The molecule has 2 aromatic heterocycles. The van der Waals surface area contributed by atoms with Gasteiger partial charge in [-0.25, -0.2) is 14.2 Å². The van der Waals surface area contributed by atoms with Crippen molar-refractivity contribution in [1.29, 1.82) is 5.26 Å². The number of ether oxygens (including phenoxy) is 2. The third kappa shape index (κ3) is 6.23. The molecule has 3 unspecified atom stereocenters. The van der Waals surface area contributed by atoms with Crippen molar-refractivity contribution in [2.75, 3.05) is 25.1 Å². The van der Waals surface area contributed by atoms with Crippen molar-refractivity contribution >= 4 is 22.8 Å². The van der Waals surface area contributed by atoms with E-state index in [1.54, 1.807) is 36.4 Å². The Morgan fingerprint density at radius 1 is 1.18 bits per heavy atom. The summed E-state index contributed by atoms with van der Waals surface area (Å²) in [5.41, 5.74) is 2.45. The molecule has 228 valence electrons. The normalized spacial score (nSPS) is 19.7. The van der Waals surface area contributed by atoms with Crippen LogP contribution in [-0.4, -0.2) is 68.9 Å². The number of hydrogen-bond donors (Lipinski definition) is 1. The molecule has 0 radical (unpaired) electrons. The van der Waals surface area contributed by atoms with Gasteiger partial charge < -0.3 is 24.0 Å². The van der Waals surface area contributed by atoms with Crippen molar-refractivity contribution in [2.24, 2.45) is 0 Å². The number of carboxylic acids is 1. The molecule has 44 heavy (non-hydrogen) atoms. The second kappa shape index (κ2) is 12.6. The van der Waals surface area contributed by atoms with Crippen LogP contribution in [0, 0.1) is 17.1 Å². The van der Waals surface area contributed by atoms with Gasteiger partial charge in [-0.1, -0.05) is 12.1 Å². The molecule has 0 bridgehead atoms. The first kappa shape index (κ1) is 29.5. The molecule has 2 aliphatic rings. The summed E-state index contributed by atoms with van der Waals surface area (Å²) in [6.07, 6.45) is 3.10. The lowest BCUT2D eigenvalue weighted by Crippen LogP contribution is -2.42. The highest BCUT2D eigenvalue weighted by Gasteiger charge is 2.33. The van der Waals surface area contributed by atoms with Gasteiger partial charge in [0.05, 0.1) is 47.4 Å². The van der Waals surface area contributed by atoms with Crippen LogP contribution in [0.25, 0.3) is 11.0 Å². The average Bonchev–Trinajstić information content (AvgIpc) is 3.52. The average molecular weight is 599 g/mol. The second-order valence-corrected chi connectivity index (χ2v) is 11.7. The van der Waals surface area contributed by atoms with Gasteiger partial charge in [-0.05, 0) is 69.6 Å². The summed E-state index contributed by atoms with van der Waals surface area (Å²) in [6.45, 7) is 4.95. The van der Waals surface area contributed by atoms with E-state index in [0.29, 0.717) is 24.5 Å². The molecule has 11 heteroatoms. The second-order valence-electron chi connectivity index (χ2n) is 11.7. The number of nitriles is 1. The van der Waals surface area contributed by atoms with E-state index in [1.807, 2.05) is 18.2 Å². The Balaban J connectivity index is 1.16. The number of hydrogen-bond acceptors (Lipinski definition) is 8. The quantitative estimate of drug-likeness (QED) is 0.255. The highest BCUT2D eigenvalue weighted by atomic mass is 19.1. The molecule has 4 heterocycles. The monoisotopic (exact) mass is 598 g/mol. The maximum absolute atomic E-state index is 14.4. The predicted molar refractivity (Wildman–Crippen MR) is 162 cm³/mol. The molecule has 2 aromatic carbocycles. The first-order valence-corrected chi connectivity index (χ1v) is 14.9. The number of pyridine rings is 1. The predicted octanol–water partition coefficient (Wildman–Crippen LogP) is 5.00. The molecule has 0 saturated carbocycles. The topological polar surface area (TPSA) is 117 Å². The van der Waals surface area contributed by atoms with Crippen LogP contribution in [0.3, 0.4) is 0 Å². The summed E-state index contributed by atoms with van der Waals surface area (Å²) in [7, 11) is 2.08. The van der Waals surface area contributed by atoms with Gasteiger partial charge in [0.1, 0.15) is 24.1 Å². The molecular weight excluding hydrogens is 563 g/mol. The molecule has 0 spiro atoms. The molecular formula is C33H35FN6O4. The Labute approximate surface area is 255 Å². The Bertz CT molecular complexity index is 1710. The molecule has 1 N–H and O–H groups in total. The summed E-state index contributed by atoms with van der Waals surface area (Å²) < 4.78 is 28.0. The van der Waals surface area contributed by atoms with E-state index in [-0.39, 0.29) is 35.9 Å². The van der Waals surface area contributed by atoms with Gasteiger partial charge >= 0.3 is 5.97 Å². The summed E-state index contributed by atoms with van der Waals surface area (Å²) in [4.78, 5) is 25.9. The lowest BCUT2D eigenvalue weighted by atomic mass is 10.1. The lowest BCUT2D eigenvalue weighted by Gasteiger charge is -2.33. The number of carboxylic acid groups (broad SMARTS) is 1.